The molecule has 3 rings (SSSR count). The Morgan fingerprint density at radius 2 is 1.90 bits per heavy atom. The van der Waals surface area contributed by atoms with Crippen molar-refractivity contribution in [2.24, 2.45) is 0 Å². The number of hydrogen-bond donors (Lipinski definition) is 1. The SMILES string of the molecule is COC(=O)c1ccccc1NCc1cc2ccccc2o1. The number of fused-ring (bicyclic) bond motifs is 1. The molecule has 2 aromatic carbocycles. The fraction of sp³-hybridized carbons (Fsp3) is 0.118. The van der Waals surface area contributed by atoms with Gasteiger partial charge in [-0.05, 0) is 24.3 Å². The first-order chi connectivity index (χ1) is 10.3. The van der Waals surface area contributed by atoms with Crippen molar-refractivity contribution >= 4 is 22.6 Å². The van der Waals surface area contributed by atoms with Gasteiger partial charge >= 0.3 is 5.97 Å². The van der Waals surface area contributed by atoms with Gasteiger partial charge in [0.05, 0.1) is 19.2 Å². The van der Waals surface area contributed by atoms with Crippen LogP contribution in [0, 0.1) is 0 Å². The zero-order valence-electron chi connectivity index (χ0n) is 11.6. The first kappa shape index (κ1) is 13.2. The monoisotopic (exact) mass is 281 g/mol. The highest BCUT2D eigenvalue weighted by atomic mass is 16.5. The van der Waals surface area contributed by atoms with Crippen molar-refractivity contribution in [3.05, 3.63) is 65.9 Å². The van der Waals surface area contributed by atoms with Gasteiger partial charge in [0.2, 0.25) is 0 Å². The number of anilines is 1. The van der Waals surface area contributed by atoms with Crippen LogP contribution in [0.25, 0.3) is 11.0 Å². The van der Waals surface area contributed by atoms with Crippen LogP contribution in [0.1, 0.15) is 16.1 Å². The van der Waals surface area contributed by atoms with E-state index in [4.69, 9.17) is 9.15 Å². The number of carbonyl (C=O) groups excluding carboxylic acids is 1. The predicted molar refractivity (Wildman–Crippen MR) is 81.3 cm³/mol. The van der Waals surface area contributed by atoms with Crippen LogP contribution in [0.2, 0.25) is 0 Å². The van der Waals surface area contributed by atoms with Gasteiger partial charge in [0.1, 0.15) is 11.3 Å². The molecule has 0 spiro atoms. The molecule has 4 heteroatoms. The fourth-order valence-electron chi connectivity index (χ4n) is 2.23. The quantitative estimate of drug-likeness (QED) is 0.738. The Labute approximate surface area is 122 Å². The van der Waals surface area contributed by atoms with Crippen molar-refractivity contribution in [1.29, 1.82) is 0 Å². The van der Waals surface area contributed by atoms with Crippen LogP contribution >= 0.6 is 0 Å². The molecule has 0 aliphatic rings. The molecule has 0 aliphatic heterocycles. The largest absolute Gasteiger partial charge is 0.465 e. The molecule has 0 unspecified atom stereocenters. The van der Waals surface area contributed by atoms with Crippen molar-refractivity contribution < 1.29 is 13.9 Å². The lowest BCUT2D eigenvalue weighted by Gasteiger charge is -2.09. The van der Waals surface area contributed by atoms with Gasteiger partial charge in [-0.3, -0.25) is 0 Å². The molecule has 0 atom stereocenters. The van der Waals surface area contributed by atoms with Crippen molar-refractivity contribution in [2.45, 2.75) is 6.54 Å². The normalized spacial score (nSPS) is 10.5. The summed E-state index contributed by atoms with van der Waals surface area (Å²) in [5.41, 5.74) is 2.09. The van der Waals surface area contributed by atoms with E-state index in [1.807, 2.05) is 42.5 Å². The Morgan fingerprint density at radius 3 is 2.71 bits per heavy atom. The van der Waals surface area contributed by atoms with Crippen molar-refractivity contribution in [3.63, 3.8) is 0 Å². The van der Waals surface area contributed by atoms with Crippen molar-refractivity contribution in [1.82, 2.24) is 0 Å². The van der Waals surface area contributed by atoms with Gasteiger partial charge in [-0.1, -0.05) is 30.3 Å². The average molecular weight is 281 g/mol. The number of furan rings is 1. The lowest BCUT2D eigenvalue weighted by atomic mass is 10.2. The summed E-state index contributed by atoms with van der Waals surface area (Å²) in [6.07, 6.45) is 0. The lowest BCUT2D eigenvalue weighted by molar-refractivity contribution is 0.0602. The molecule has 0 amide bonds. The number of methoxy groups -OCH3 is 1. The number of nitrogens with one attached hydrogen (secondary N) is 1. The molecule has 4 nitrogen and oxygen atoms in total. The summed E-state index contributed by atoms with van der Waals surface area (Å²) >= 11 is 0. The summed E-state index contributed by atoms with van der Waals surface area (Å²) in [5, 5.41) is 4.28. The number of carbonyl (C=O) groups is 1. The molecule has 106 valence electrons. The summed E-state index contributed by atoms with van der Waals surface area (Å²) in [6.45, 7) is 0.503. The zero-order chi connectivity index (χ0) is 14.7. The maximum Gasteiger partial charge on any atom is 0.339 e. The van der Waals surface area contributed by atoms with E-state index in [1.54, 1.807) is 12.1 Å². The Morgan fingerprint density at radius 1 is 1.14 bits per heavy atom. The summed E-state index contributed by atoms with van der Waals surface area (Å²) < 4.78 is 10.5. The molecule has 0 fully saturated rings. The van der Waals surface area contributed by atoms with E-state index in [1.165, 1.54) is 7.11 Å². The third-order valence-electron chi connectivity index (χ3n) is 3.26. The Balaban J connectivity index is 1.80. The number of ether oxygens (including phenoxy) is 1. The number of para-hydroxylation sites is 2. The highest BCUT2D eigenvalue weighted by molar-refractivity contribution is 5.95. The smallest absolute Gasteiger partial charge is 0.339 e. The minimum absolute atomic E-state index is 0.359. The minimum atomic E-state index is -0.359. The topological polar surface area (TPSA) is 51.5 Å². The first-order valence-electron chi connectivity index (χ1n) is 6.66. The fourth-order valence-corrected chi connectivity index (χ4v) is 2.23. The molecule has 1 heterocycles. The van der Waals surface area contributed by atoms with Gasteiger partial charge in [0, 0.05) is 11.1 Å². The van der Waals surface area contributed by atoms with Crippen LogP contribution in [0.3, 0.4) is 0 Å². The summed E-state index contributed by atoms with van der Waals surface area (Å²) in [7, 11) is 1.37. The standard InChI is InChI=1S/C17H15NO3/c1-20-17(19)14-7-3-4-8-15(14)18-11-13-10-12-6-2-5-9-16(12)21-13/h2-10,18H,11H2,1H3. The zero-order valence-corrected chi connectivity index (χ0v) is 11.6. The summed E-state index contributed by atoms with van der Waals surface area (Å²) in [6, 6.07) is 17.1. The highest BCUT2D eigenvalue weighted by Crippen LogP contribution is 2.21. The van der Waals surface area contributed by atoms with Crippen LogP contribution < -0.4 is 5.32 Å². The molecule has 0 aliphatic carbocycles. The molecule has 0 saturated heterocycles. The maximum atomic E-state index is 11.7. The van der Waals surface area contributed by atoms with Gasteiger partial charge in [-0.25, -0.2) is 4.79 Å². The van der Waals surface area contributed by atoms with E-state index in [0.717, 1.165) is 22.4 Å². The van der Waals surface area contributed by atoms with Crippen LogP contribution in [-0.2, 0) is 11.3 Å². The molecular formula is C17H15NO3. The van der Waals surface area contributed by atoms with Crippen LogP contribution in [0.15, 0.2) is 59.0 Å². The number of rotatable bonds is 4. The molecule has 0 bridgehead atoms. The van der Waals surface area contributed by atoms with E-state index < -0.39 is 0 Å². The highest BCUT2D eigenvalue weighted by Gasteiger charge is 2.11. The number of benzene rings is 2. The summed E-state index contributed by atoms with van der Waals surface area (Å²) in [4.78, 5) is 11.7. The van der Waals surface area contributed by atoms with Crippen LogP contribution in [0.4, 0.5) is 5.69 Å². The number of hydrogen-bond acceptors (Lipinski definition) is 4. The molecule has 1 aromatic heterocycles. The second-order valence-electron chi connectivity index (χ2n) is 4.64. The molecule has 0 saturated carbocycles. The lowest BCUT2D eigenvalue weighted by Crippen LogP contribution is -2.07. The van der Waals surface area contributed by atoms with Gasteiger partial charge in [0.25, 0.3) is 0 Å². The second kappa shape index (κ2) is 5.71. The summed E-state index contributed by atoms with van der Waals surface area (Å²) in [5.74, 6) is 0.457. The minimum Gasteiger partial charge on any atom is -0.465 e. The van der Waals surface area contributed by atoms with Gasteiger partial charge in [0.15, 0.2) is 0 Å². The van der Waals surface area contributed by atoms with Crippen LogP contribution in [-0.4, -0.2) is 13.1 Å². The van der Waals surface area contributed by atoms with Crippen LogP contribution in [0.5, 0.6) is 0 Å². The maximum absolute atomic E-state index is 11.7. The van der Waals surface area contributed by atoms with E-state index in [9.17, 15) is 4.79 Å². The van der Waals surface area contributed by atoms with E-state index in [-0.39, 0.29) is 5.97 Å². The van der Waals surface area contributed by atoms with E-state index >= 15 is 0 Å². The Kier molecular flexibility index (Phi) is 3.60. The average Bonchev–Trinajstić information content (AvgIpc) is 2.95. The van der Waals surface area contributed by atoms with Gasteiger partial charge in [-0.15, -0.1) is 0 Å². The third-order valence-corrected chi connectivity index (χ3v) is 3.26. The molecular weight excluding hydrogens is 266 g/mol. The Bertz CT molecular complexity index is 743. The predicted octanol–water partition coefficient (Wildman–Crippen LogP) is 3.83. The van der Waals surface area contributed by atoms with Gasteiger partial charge in [-0.2, -0.15) is 0 Å². The van der Waals surface area contributed by atoms with E-state index in [2.05, 4.69) is 5.32 Å². The van der Waals surface area contributed by atoms with Crippen molar-refractivity contribution in [3.8, 4) is 0 Å². The molecule has 21 heavy (non-hydrogen) atoms. The molecule has 3 aromatic rings. The number of esters is 1. The van der Waals surface area contributed by atoms with E-state index in [0.29, 0.717) is 12.1 Å². The Hall–Kier alpha value is -2.75. The molecule has 0 radical (unpaired) electrons. The third kappa shape index (κ3) is 2.74. The molecule has 1 N–H and O–H groups in total. The first-order valence-corrected chi connectivity index (χ1v) is 6.66. The second-order valence-corrected chi connectivity index (χ2v) is 4.64. The van der Waals surface area contributed by atoms with Crippen molar-refractivity contribution in [2.75, 3.05) is 12.4 Å². The van der Waals surface area contributed by atoms with Gasteiger partial charge < -0.3 is 14.5 Å².